The number of aromatic nitrogens is 3. The number of nitrogen functional groups attached to an aromatic ring is 1. The molecule has 1 aromatic carbocycles. The van der Waals surface area contributed by atoms with Gasteiger partial charge in [0, 0.05) is 12.7 Å². The maximum atomic E-state index is 12.1. The van der Waals surface area contributed by atoms with Gasteiger partial charge < -0.3 is 10.7 Å². The Morgan fingerprint density at radius 1 is 1.33 bits per heavy atom. The van der Waals surface area contributed by atoms with E-state index in [0.29, 0.717) is 0 Å². The predicted molar refractivity (Wildman–Crippen MR) is 81.8 cm³/mol. The molecule has 2 N–H and O–H groups in total. The van der Waals surface area contributed by atoms with Crippen LogP contribution in [-0.4, -0.2) is 33.6 Å². The monoisotopic (exact) mass is 305 g/mol. The van der Waals surface area contributed by atoms with Crippen LogP contribution in [0.4, 0.5) is 5.69 Å². The summed E-state index contributed by atoms with van der Waals surface area (Å²) in [5, 5.41) is 7.74. The first-order valence-corrected chi connectivity index (χ1v) is 7.15. The average Bonchev–Trinajstić information content (AvgIpc) is 2.52. The van der Waals surface area contributed by atoms with Gasteiger partial charge in [-0.1, -0.05) is 30.0 Å². The van der Waals surface area contributed by atoms with Crippen LogP contribution in [0.25, 0.3) is 0 Å². The molecule has 0 aliphatic heterocycles. The fraction of sp³-hybridized carbons (Fsp3) is 0.231. The Kier molecular flexibility index (Phi) is 4.59. The van der Waals surface area contributed by atoms with E-state index in [1.165, 1.54) is 11.8 Å². The number of carbonyl (C=O) groups excluding carboxylic acids is 1. The Labute approximate surface area is 125 Å². The maximum absolute atomic E-state index is 12.1. The molecule has 0 unspecified atom stereocenters. The summed E-state index contributed by atoms with van der Waals surface area (Å²) < 4.78 is 0.906. The normalized spacial score (nSPS) is 10.4. The van der Waals surface area contributed by atoms with Gasteiger partial charge in [0.2, 0.25) is 11.1 Å². The second-order valence-electron chi connectivity index (χ2n) is 4.32. The molecule has 0 radical (unpaired) electrons. The first kappa shape index (κ1) is 15.0. The van der Waals surface area contributed by atoms with E-state index in [1.54, 1.807) is 7.05 Å². The van der Waals surface area contributed by atoms with Gasteiger partial charge in [-0.25, -0.2) is 0 Å². The minimum atomic E-state index is -0.420. The number of anilines is 1. The molecule has 0 spiro atoms. The Morgan fingerprint density at radius 2 is 2.00 bits per heavy atom. The van der Waals surface area contributed by atoms with Gasteiger partial charge >= 0.3 is 0 Å². The third-order valence-corrected chi connectivity index (χ3v) is 3.79. The van der Waals surface area contributed by atoms with E-state index in [0.717, 1.165) is 22.1 Å². The Morgan fingerprint density at radius 3 is 2.67 bits per heavy atom. The highest BCUT2D eigenvalue weighted by atomic mass is 32.2. The molecule has 0 saturated carbocycles. The van der Waals surface area contributed by atoms with Crippen LogP contribution in [0.15, 0.2) is 40.3 Å². The van der Waals surface area contributed by atoms with Crippen LogP contribution in [-0.2, 0) is 4.79 Å². The van der Waals surface area contributed by atoms with E-state index >= 15 is 0 Å². The molecule has 2 aromatic rings. The van der Waals surface area contributed by atoms with Gasteiger partial charge in [0.1, 0.15) is 5.69 Å². The van der Waals surface area contributed by atoms with Crippen LogP contribution in [0.5, 0.6) is 0 Å². The average molecular weight is 305 g/mol. The van der Waals surface area contributed by atoms with Crippen LogP contribution in [0.1, 0.15) is 5.69 Å². The number of para-hydroxylation sites is 1. The summed E-state index contributed by atoms with van der Waals surface area (Å²) in [5.74, 6) is 5.60. The van der Waals surface area contributed by atoms with Gasteiger partial charge in [-0.05, 0) is 19.1 Å². The third kappa shape index (κ3) is 3.40. The Bertz CT molecular complexity index is 701. The molecule has 0 bridgehead atoms. The first-order chi connectivity index (χ1) is 10.0. The summed E-state index contributed by atoms with van der Waals surface area (Å²) in [5.41, 5.74) is 0.592. The molecular formula is C13H15N5O2S. The van der Waals surface area contributed by atoms with Crippen LogP contribution in [0, 0.1) is 6.92 Å². The van der Waals surface area contributed by atoms with Gasteiger partial charge in [-0.3, -0.25) is 9.59 Å². The molecule has 1 aromatic heterocycles. The number of amides is 1. The van der Waals surface area contributed by atoms with Crippen molar-refractivity contribution in [2.45, 2.75) is 12.1 Å². The minimum absolute atomic E-state index is 0.111. The summed E-state index contributed by atoms with van der Waals surface area (Å²) in [7, 11) is 1.69. The number of hydrogen-bond donors (Lipinski definition) is 1. The fourth-order valence-corrected chi connectivity index (χ4v) is 2.35. The SMILES string of the molecule is Cc1nnc(SCC(=O)N(C)c2ccccc2)n(N)c1=O. The van der Waals surface area contributed by atoms with Crippen molar-refractivity contribution in [3.8, 4) is 0 Å². The molecule has 0 fully saturated rings. The number of nitrogens with zero attached hydrogens (tertiary/aromatic N) is 4. The van der Waals surface area contributed by atoms with Crippen molar-refractivity contribution in [2.24, 2.45) is 0 Å². The number of carbonyl (C=O) groups is 1. The van der Waals surface area contributed by atoms with E-state index in [-0.39, 0.29) is 22.5 Å². The number of rotatable bonds is 4. The largest absolute Gasteiger partial charge is 0.334 e. The molecular weight excluding hydrogens is 290 g/mol. The predicted octanol–water partition coefficient (Wildman–Crippen LogP) is 0.416. The second kappa shape index (κ2) is 6.40. The molecule has 0 aliphatic carbocycles. The lowest BCUT2D eigenvalue weighted by molar-refractivity contribution is -0.115. The van der Waals surface area contributed by atoms with Gasteiger partial charge in [-0.2, -0.15) is 4.68 Å². The van der Waals surface area contributed by atoms with Gasteiger partial charge in [0.15, 0.2) is 0 Å². The fourth-order valence-electron chi connectivity index (χ4n) is 1.59. The Balaban J connectivity index is 2.05. The molecule has 2 rings (SSSR count). The Hall–Kier alpha value is -2.35. The number of nitrogens with two attached hydrogens (primary N) is 1. The number of thioether (sulfide) groups is 1. The minimum Gasteiger partial charge on any atom is -0.334 e. The lowest BCUT2D eigenvalue weighted by atomic mass is 10.3. The summed E-state index contributed by atoms with van der Waals surface area (Å²) in [6.07, 6.45) is 0. The van der Waals surface area contributed by atoms with Crippen LogP contribution in [0.2, 0.25) is 0 Å². The zero-order valence-electron chi connectivity index (χ0n) is 11.7. The van der Waals surface area contributed by atoms with Gasteiger partial charge in [0.25, 0.3) is 5.56 Å². The smallest absolute Gasteiger partial charge is 0.294 e. The molecule has 0 atom stereocenters. The quantitative estimate of drug-likeness (QED) is 0.650. The molecule has 0 aliphatic rings. The maximum Gasteiger partial charge on any atom is 0.294 e. The van der Waals surface area contributed by atoms with Gasteiger partial charge in [0.05, 0.1) is 5.75 Å². The van der Waals surface area contributed by atoms with Crippen LogP contribution in [0.3, 0.4) is 0 Å². The number of aryl methyl sites for hydroxylation is 1. The highest BCUT2D eigenvalue weighted by molar-refractivity contribution is 7.99. The highest BCUT2D eigenvalue weighted by Crippen LogP contribution is 2.16. The van der Waals surface area contributed by atoms with Crippen LogP contribution >= 0.6 is 11.8 Å². The van der Waals surface area contributed by atoms with E-state index in [4.69, 9.17) is 5.84 Å². The standard InChI is InChI=1S/C13H15N5O2S/c1-9-12(20)18(14)13(16-15-9)21-8-11(19)17(2)10-6-4-3-5-7-10/h3-7H,8,14H2,1-2H3. The number of benzene rings is 1. The summed E-state index contributed by atoms with van der Waals surface area (Å²) >= 11 is 1.07. The summed E-state index contributed by atoms with van der Waals surface area (Å²) in [4.78, 5) is 25.3. The lowest BCUT2D eigenvalue weighted by Gasteiger charge is -2.16. The van der Waals surface area contributed by atoms with Crippen molar-refractivity contribution < 1.29 is 4.79 Å². The van der Waals surface area contributed by atoms with E-state index < -0.39 is 5.56 Å². The molecule has 8 heteroatoms. The molecule has 0 saturated heterocycles. The first-order valence-electron chi connectivity index (χ1n) is 6.16. The number of hydrogen-bond acceptors (Lipinski definition) is 6. The highest BCUT2D eigenvalue weighted by Gasteiger charge is 2.14. The zero-order valence-corrected chi connectivity index (χ0v) is 12.5. The lowest BCUT2D eigenvalue weighted by Crippen LogP contribution is -2.33. The molecule has 110 valence electrons. The topological polar surface area (TPSA) is 94.1 Å². The van der Waals surface area contributed by atoms with Crippen molar-refractivity contribution in [1.29, 1.82) is 0 Å². The molecule has 7 nitrogen and oxygen atoms in total. The van der Waals surface area contributed by atoms with Crippen LogP contribution < -0.4 is 16.3 Å². The van der Waals surface area contributed by atoms with E-state index in [1.807, 2.05) is 30.3 Å². The van der Waals surface area contributed by atoms with Crippen molar-refractivity contribution in [3.63, 3.8) is 0 Å². The van der Waals surface area contributed by atoms with Crippen molar-refractivity contribution in [2.75, 3.05) is 23.5 Å². The van der Waals surface area contributed by atoms with Crippen molar-refractivity contribution in [1.82, 2.24) is 14.9 Å². The van der Waals surface area contributed by atoms with Crippen molar-refractivity contribution in [3.05, 3.63) is 46.4 Å². The summed E-state index contributed by atoms with van der Waals surface area (Å²) in [6.45, 7) is 1.53. The third-order valence-electron chi connectivity index (χ3n) is 2.86. The molecule has 1 heterocycles. The summed E-state index contributed by atoms with van der Waals surface area (Å²) in [6, 6.07) is 9.27. The molecule has 1 amide bonds. The van der Waals surface area contributed by atoms with E-state index in [2.05, 4.69) is 10.2 Å². The van der Waals surface area contributed by atoms with Crippen molar-refractivity contribution >= 4 is 23.4 Å². The van der Waals surface area contributed by atoms with Gasteiger partial charge in [-0.15, -0.1) is 10.2 Å². The van der Waals surface area contributed by atoms with E-state index in [9.17, 15) is 9.59 Å². The zero-order chi connectivity index (χ0) is 15.4. The molecule has 21 heavy (non-hydrogen) atoms. The second-order valence-corrected chi connectivity index (χ2v) is 5.26.